The molecule has 2 aromatic rings. The zero-order chi connectivity index (χ0) is 16.9. The molecule has 8 heteroatoms. The molecule has 0 unspecified atom stereocenters. The molecule has 0 atom stereocenters. The summed E-state index contributed by atoms with van der Waals surface area (Å²) >= 11 is 0. The molecule has 0 radical (unpaired) electrons. The Labute approximate surface area is 129 Å². The number of nitrogens with zero attached hydrogens (tertiary/aromatic N) is 1. The lowest BCUT2D eigenvalue weighted by Gasteiger charge is -2.10. The molecule has 1 aromatic carbocycles. The fourth-order valence-electron chi connectivity index (χ4n) is 1.74. The number of anilines is 1. The van der Waals surface area contributed by atoms with Crippen molar-refractivity contribution in [3.05, 3.63) is 59.9 Å². The van der Waals surface area contributed by atoms with Crippen LogP contribution >= 0.6 is 0 Å². The highest BCUT2D eigenvalue weighted by atomic mass is 19.4. The second kappa shape index (κ2) is 6.91. The summed E-state index contributed by atoms with van der Waals surface area (Å²) in [6, 6.07) is 8.98. The van der Waals surface area contributed by atoms with Gasteiger partial charge in [-0.15, -0.1) is 0 Å². The number of alkyl halides is 3. The van der Waals surface area contributed by atoms with Crippen molar-refractivity contribution in [3.8, 4) is 0 Å². The van der Waals surface area contributed by atoms with Crippen LogP contribution in [0.3, 0.4) is 0 Å². The van der Waals surface area contributed by atoms with Crippen LogP contribution in [-0.4, -0.2) is 23.0 Å². The van der Waals surface area contributed by atoms with Gasteiger partial charge in [-0.25, -0.2) is 0 Å². The molecule has 0 saturated heterocycles. The van der Waals surface area contributed by atoms with Crippen molar-refractivity contribution >= 4 is 17.5 Å². The van der Waals surface area contributed by atoms with E-state index in [9.17, 15) is 22.8 Å². The number of pyridine rings is 1. The lowest BCUT2D eigenvalue weighted by Crippen LogP contribution is -2.30. The van der Waals surface area contributed by atoms with Crippen molar-refractivity contribution in [1.82, 2.24) is 10.3 Å². The summed E-state index contributed by atoms with van der Waals surface area (Å²) in [6.07, 6.45) is -2.02. The number of rotatable bonds is 4. The second-order valence-corrected chi connectivity index (χ2v) is 4.58. The van der Waals surface area contributed by atoms with Crippen LogP contribution in [0.2, 0.25) is 0 Å². The molecule has 5 nitrogen and oxygen atoms in total. The number of carbonyl (C=O) groups is 2. The summed E-state index contributed by atoms with van der Waals surface area (Å²) in [7, 11) is 0. The van der Waals surface area contributed by atoms with Gasteiger partial charge in [0.05, 0.1) is 5.56 Å². The molecule has 1 heterocycles. The number of hydrogen-bond donors (Lipinski definition) is 2. The molecule has 0 bridgehead atoms. The lowest BCUT2D eigenvalue weighted by atomic mass is 10.2. The van der Waals surface area contributed by atoms with Crippen molar-refractivity contribution in [1.29, 1.82) is 0 Å². The predicted octanol–water partition coefficient (Wildman–Crippen LogP) is 2.51. The number of nitrogens with one attached hydrogen (secondary N) is 2. The van der Waals surface area contributed by atoms with E-state index < -0.39 is 12.1 Å². The predicted molar refractivity (Wildman–Crippen MR) is 76.5 cm³/mol. The van der Waals surface area contributed by atoms with Gasteiger partial charge < -0.3 is 10.6 Å². The van der Waals surface area contributed by atoms with Crippen molar-refractivity contribution in [2.24, 2.45) is 0 Å². The van der Waals surface area contributed by atoms with E-state index in [2.05, 4.69) is 10.3 Å². The van der Waals surface area contributed by atoms with Crippen LogP contribution in [0.15, 0.2) is 48.8 Å². The molecule has 120 valence electrons. The van der Waals surface area contributed by atoms with E-state index in [1.807, 2.05) is 0 Å². The Morgan fingerprint density at radius 1 is 1.13 bits per heavy atom. The van der Waals surface area contributed by atoms with Crippen LogP contribution < -0.4 is 10.6 Å². The zero-order valence-corrected chi connectivity index (χ0v) is 11.7. The smallest absolute Gasteiger partial charge is 0.348 e. The van der Waals surface area contributed by atoms with E-state index in [1.54, 1.807) is 23.5 Å². The Hall–Kier alpha value is -2.90. The Morgan fingerprint density at radius 2 is 1.91 bits per heavy atom. The van der Waals surface area contributed by atoms with Crippen LogP contribution in [0, 0.1) is 0 Å². The summed E-state index contributed by atoms with van der Waals surface area (Å²) in [6.45, 7) is 0.101. The summed E-state index contributed by atoms with van der Waals surface area (Å²) in [5.74, 6) is -2.41. The van der Waals surface area contributed by atoms with Gasteiger partial charge >= 0.3 is 12.1 Å². The molecule has 2 rings (SSSR count). The van der Waals surface area contributed by atoms with Crippen molar-refractivity contribution in [3.63, 3.8) is 0 Å². The van der Waals surface area contributed by atoms with Crippen LogP contribution in [0.4, 0.5) is 18.9 Å². The molecule has 0 aliphatic heterocycles. The molecule has 0 aliphatic carbocycles. The van der Waals surface area contributed by atoms with Gasteiger partial charge in [-0.1, -0.05) is 12.1 Å². The second-order valence-electron chi connectivity index (χ2n) is 4.58. The van der Waals surface area contributed by atoms with E-state index in [0.29, 0.717) is 11.1 Å². The van der Waals surface area contributed by atoms with Crippen molar-refractivity contribution in [2.45, 2.75) is 12.7 Å². The molecule has 0 saturated carbocycles. The fraction of sp³-hybridized carbons (Fsp3) is 0.133. The summed E-state index contributed by atoms with van der Waals surface area (Å²) in [5.41, 5.74) is 0.914. The van der Waals surface area contributed by atoms with Gasteiger partial charge in [-0.3, -0.25) is 14.6 Å². The van der Waals surface area contributed by atoms with Crippen LogP contribution in [0.25, 0.3) is 0 Å². The number of halogens is 3. The van der Waals surface area contributed by atoms with Crippen LogP contribution in [-0.2, 0) is 11.3 Å². The third-order valence-corrected chi connectivity index (χ3v) is 2.82. The number of hydrogen-bond acceptors (Lipinski definition) is 3. The van der Waals surface area contributed by atoms with Gasteiger partial charge in [0.15, 0.2) is 0 Å². The molecular weight excluding hydrogens is 311 g/mol. The minimum Gasteiger partial charge on any atom is -0.348 e. The van der Waals surface area contributed by atoms with E-state index in [1.165, 1.54) is 30.6 Å². The van der Waals surface area contributed by atoms with Crippen molar-refractivity contribution in [2.75, 3.05) is 5.32 Å². The Bertz CT molecular complexity index is 703. The maximum absolute atomic E-state index is 12.2. The van der Waals surface area contributed by atoms with E-state index >= 15 is 0 Å². The third-order valence-electron chi connectivity index (χ3n) is 2.82. The molecule has 0 fully saturated rings. The first-order valence-corrected chi connectivity index (χ1v) is 6.51. The minimum absolute atomic E-state index is 0.000418. The summed E-state index contributed by atoms with van der Waals surface area (Å²) < 4.78 is 36.6. The quantitative estimate of drug-likeness (QED) is 0.908. The average molecular weight is 323 g/mol. The van der Waals surface area contributed by atoms with Gasteiger partial charge in [0.25, 0.3) is 5.91 Å². The van der Waals surface area contributed by atoms with Crippen LogP contribution in [0.1, 0.15) is 15.9 Å². The van der Waals surface area contributed by atoms with Crippen LogP contribution in [0.5, 0.6) is 0 Å². The van der Waals surface area contributed by atoms with Gasteiger partial charge in [0, 0.05) is 24.6 Å². The molecular formula is C15H12F3N3O2. The first kappa shape index (κ1) is 16.5. The average Bonchev–Trinajstić information content (AvgIpc) is 2.53. The van der Waals surface area contributed by atoms with Gasteiger partial charge in [0.2, 0.25) is 0 Å². The first-order valence-electron chi connectivity index (χ1n) is 6.51. The minimum atomic E-state index is -4.95. The standard InChI is InChI=1S/C15H12F3N3O2/c16-15(17,18)14(23)21-12-5-1-3-10(7-12)8-20-13(22)11-4-2-6-19-9-11/h1-7,9H,8H2,(H,20,22)(H,21,23). The largest absolute Gasteiger partial charge is 0.471 e. The Balaban J connectivity index is 1.98. The van der Waals surface area contributed by atoms with E-state index in [4.69, 9.17) is 0 Å². The van der Waals surface area contributed by atoms with Gasteiger partial charge in [-0.2, -0.15) is 13.2 Å². The van der Waals surface area contributed by atoms with Gasteiger partial charge in [-0.05, 0) is 29.8 Å². The molecule has 23 heavy (non-hydrogen) atoms. The Kier molecular flexibility index (Phi) is 4.95. The first-order chi connectivity index (χ1) is 10.9. The number of benzene rings is 1. The highest BCUT2D eigenvalue weighted by Gasteiger charge is 2.38. The third kappa shape index (κ3) is 4.80. The summed E-state index contributed by atoms with van der Waals surface area (Å²) in [4.78, 5) is 26.5. The summed E-state index contributed by atoms with van der Waals surface area (Å²) in [5, 5.41) is 4.37. The molecule has 1 aromatic heterocycles. The Morgan fingerprint density at radius 3 is 2.57 bits per heavy atom. The fourth-order valence-corrected chi connectivity index (χ4v) is 1.74. The molecule has 2 N–H and O–H groups in total. The van der Waals surface area contributed by atoms with Crippen molar-refractivity contribution < 1.29 is 22.8 Å². The number of amides is 2. The molecule has 0 spiro atoms. The maximum Gasteiger partial charge on any atom is 0.471 e. The SMILES string of the molecule is O=C(NCc1cccc(NC(=O)C(F)(F)F)c1)c1cccnc1. The van der Waals surface area contributed by atoms with Gasteiger partial charge in [0.1, 0.15) is 0 Å². The molecule has 0 aliphatic rings. The molecule has 2 amide bonds. The maximum atomic E-state index is 12.2. The normalized spacial score (nSPS) is 10.9. The highest BCUT2D eigenvalue weighted by molar-refractivity contribution is 5.95. The lowest BCUT2D eigenvalue weighted by molar-refractivity contribution is -0.167. The number of carbonyl (C=O) groups excluding carboxylic acids is 2. The topological polar surface area (TPSA) is 71.1 Å². The van der Waals surface area contributed by atoms with E-state index in [-0.39, 0.29) is 18.1 Å². The zero-order valence-electron chi connectivity index (χ0n) is 11.7. The number of aromatic nitrogens is 1. The monoisotopic (exact) mass is 323 g/mol. The van der Waals surface area contributed by atoms with E-state index in [0.717, 1.165) is 0 Å². The highest BCUT2D eigenvalue weighted by Crippen LogP contribution is 2.18.